The molecule has 5 unspecified atom stereocenters. The van der Waals surface area contributed by atoms with Gasteiger partial charge in [-0.25, -0.2) is 0 Å². The van der Waals surface area contributed by atoms with E-state index in [1.807, 2.05) is 6.92 Å². The number of rotatable bonds is 15. The first kappa shape index (κ1) is 29.9. The van der Waals surface area contributed by atoms with Gasteiger partial charge in [0.05, 0.1) is 6.04 Å². The van der Waals surface area contributed by atoms with E-state index in [9.17, 15) is 24.3 Å². The molecule has 0 aromatic heterocycles. The first-order valence-corrected chi connectivity index (χ1v) is 11.9. The van der Waals surface area contributed by atoms with Crippen LogP contribution in [0.4, 0.5) is 0 Å². The molecule has 0 heterocycles. The zero-order valence-corrected chi connectivity index (χ0v) is 20.6. The molecular weight excluding hydrogens is 454 g/mol. The summed E-state index contributed by atoms with van der Waals surface area (Å²) in [6.45, 7) is 5.38. The van der Waals surface area contributed by atoms with Gasteiger partial charge < -0.3 is 37.6 Å². The van der Waals surface area contributed by atoms with Crippen LogP contribution in [-0.2, 0) is 25.6 Å². The summed E-state index contributed by atoms with van der Waals surface area (Å²) < 4.78 is 0. The Morgan fingerprint density at radius 1 is 0.943 bits per heavy atom. The summed E-state index contributed by atoms with van der Waals surface area (Å²) in [7, 11) is 0. The van der Waals surface area contributed by atoms with Gasteiger partial charge >= 0.3 is 5.97 Å². The second-order valence-corrected chi connectivity index (χ2v) is 8.76. The largest absolute Gasteiger partial charge is 0.508 e. The Hall–Kier alpha value is -3.18. The Labute approximate surface area is 206 Å². The number of hydrogen-bond acceptors (Lipinski definition) is 7. The van der Waals surface area contributed by atoms with E-state index in [2.05, 4.69) is 16.0 Å². The van der Waals surface area contributed by atoms with Gasteiger partial charge in [0.1, 0.15) is 23.9 Å². The van der Waals surface area contributed by atoms with E-state index in [1.165, 1.54) is 19.1 Å². The summed E-state index contributed by atoms with van der Waals surface area (Å²) in [5.41, 5.74) is 12.4. The van der Waals surface area contributed by atoms with Crippen LogP contribution < -0.4 is 27.4 Å². The van der Waals surface area contributed by atoms with Gasteiger partial charge in [-0.05, 0) is 62.8 Å². The minimum Gasteiger partial charge on any atom is -0.508 e. The predicted molar refractivity (Wildman–Crippen MR) is 131 cm³/mol. The number of phenols is 1. The van der Waals surface area contributed by atoms with Crippen molar-refractivity contribution in [2.45, 2.75) is 77.0 Å². The number of nitrogens with two attached hydrogens (primary N) is 2. The Balaban J connectivity index is 2.94. The van der Waals surface area contributed by atoms with Crippen molar-refractivity contribution in [3.8, 4) is 5.75 Å². The predicted octanol–water partition coefficient (Wildman–Crippen LogP) is -0.00400. The zero-order chi connectivity index (χ0) is 26.5. The van der Waals surface area contributed by atoms with Gasteiger partial charge in [-0.2, -0.15) is 0 Å². The molecule has 35 heavy (non-hydrogen) atoms. The molecule has 0 spiro atoms. The number of carboxylic acids is 1. The van der Waals surface area contributed by atoms with Crippen molar-refractivity contribution in [1.82, 2.24) is 16.0 Å². The fourth-order valence-electron chi connectivity index (χ4n) is 3.34. The molecule has 3 amide bonds. The highest BCUT2D eigenvalue weighted by Crippen LogP contribution is 2.12. The summed E-state index contributed by atoms with van der Waals surface area (Å²) in [5.74, 6) is -3.08. The lowest BCUT2D eigenvalue weighted by atomic mass is 9.97. The van der Waals surface area contributed by atoms with Gasteiger partial charge in [-0.3, -0.25) is 19.2 Å². The highest BCUT2D eigenvalue weighted by Gasteiger charge is 2.31. The quantitative estimate of drug-likeness (QED) is 0.166. The van der Waals surface area contributed by atoms with Crippen LogP contribution in [0, 0.1) is 5.92 Å². The molecule has 196 valence electrons. The third-order valence-electron chi connectivity index (χ3n) is 5.83. The van der Waals surface area contributed by atoms with Crippen LogP contribution >= 0.6 is 0 Å². The standard InChI is InChI=1S/C24H39N5O6/c1-4-14(2)20(23(33)27-15(3)24(34)35)29-22(32)19(7-5-6-12-25)28-21(31)18(26)13-16-8-10-17(30)11-9-16/h8-11,14-15,18-20,30H,4-7,12-13,25-26H2,1-3H3,(H,27,33)(H,28,31)(H,29,32)(H,34,35). The van der Waals surface area contributed by atoms with Gasteiger partial charge in [-0.1, -0.05) is 32.4 Å². The van der Waals surface area contributed by atoms with E-state index in [1.54, 1.807) is 19.1 Å². The number of phenolic OH excluding ortho intramolecular Hbond substituents is 1. The number of benzene rings is 1. The number of amides is 3. The molecule has 1 aromatic rings. The maximum absolute atomic E-state index is 13.1. The Morgan fingerprint density at radius 2 is 1.57 bits per heavy atom. The zero-order valence-electron chi connectivity index (χ0n) is 20.6. The molecule has 11 nitrogen and oxygen atoms in total. The number of aromatic hydroxyl groups is 1. The van der Waals surface area contributed by atoms with E-state index in [4.69, 9.17) is 16.6 Å². The summed E-state index contributed by atoms with van der Waals surface area (Å²) in [6.07, 6.45) is 2.26. The molecule has 0 aliphatic carbocycles. The normalized spacial score (nSPS) is 15.2. The van der Waals surface area contributed by atoms with Crippen LogP contribution in [0.25, 0.3) is 0 Å². The second kappa shape index (κ2) is 14.9. The topological polar surface area (TPSA) is 197 Å². The number of aliphatic carboxylic acids is 1. The van der Waals surface area contributed by atoms with Crippen LogP contribution in [0.1, 0.15) is 52.0 Å². The number of unbranched alkanes of at least 4 members (excludes halogenated alkanes) is 1. The van der Waals surface area contributed by atoms with Crippen molar-refractivity contribution in [3.63, 3.8) is 0 Å². The van der Waals surface area contributed by atoms with Crippen molar-refractivity contribution in [2.75, 3.05) is 6.54 Å². The Kier molecular flexibility index (Phi) is 12.7. The molecule has 0 saturated carbocycles. The van der Waals surface area contributed by atoms with E-state index in [0.717, 1.165) is 5.56 Å². The molecule has 0 aliphatic heterocycles. The summed E-state index contributed by atoms with van der Waals surface area (Å²) >= 11 is 0. The number of nitrogens with one attached hydrogen (secondary N) is 3. The number of carbonyl (C=O) groups excluding carboxylic acids is 3. The van der Waals surface area contributed by atoms with Crippen molar-refractivity contribution < 1.29 is 29.4 Å². The molecule has 0 saturated heterocycles. The van der Waals surface area contributed by atoms with Crippen LogP contribution in [0.15, 0.2) is 24.3 Å². The van der Waals surface area contributed by atoms with Crippen LogP contribution in [0.3, 0.4) is 0 Å². The monoisotopic (exact) mass is 493 g/mol. The van der Waals surface area contributed by atoms with E-state index in [0.29, 0.717) is 32.2 Å². The maximum atomic E-state index is 13.1. The Bertz CT molecular complexity index is 847. The first-order chi connectivity index (χ1) is 16.5. The lowest BCUT2D eigenvalue weighted by Crippen LogP contribution is -2.58. The molecule has 9 N–H and O–H groups in total. The van der Waals surface area contributed by atoms with E-state index < -0.39 is 47.9 Å². The fraction of sp³-hybridized carbons (Fsp3) is 0.583. The summed E-state index contributed by atoms with van der Waals surface area (Å²) in [6, 6.07) is 2.31. The molecule has 0 bridgehead atoms. The van der Waals surface area contributed by atoms with Gasteiger partial charge in [0.15, 0.2) is 0 Å². The average Bonchev–Trinajstić information content (AvgIpc) is 2.82. The molecule has 0 aliphatic rings. The smallest absolute Gasteiger partial charge is 0.325 e. The highest BCUT2D eigenvalue weighted by molar-refractivity contribution is 5.94. The molecule has 0 radical (unpaired) electrons. The molecular formula is C24H39N5O6. The van der Waals surface area contributed by atoms with Crippen molar-refractivity contribution in [3.05, 3.63) is 29.8 Å². The molecule has 1 aromatic carbocycles. The Morgan fingerprint density at radius 3 is 2.11 bits per heavy atom. The summed E-state index contributed by atoms with van der Waals surface area (Å²) in [4.78, 5) is 49.7. The first-order valence-electron chi connectivity index (χ1n) is 11.9. The van der Waals surface area contributed by atoms with Gasteiger partial charge in [-0.15, -0.1) is 0 Å². The van der Waals surface area contributed by atoms with Gasteiger partial charge in [0, 0.05) is 0 Å². The van der Waals surface area contributed by atoms with Crippen molar-refractivity contribution >= 4 is 23.7 Å². The SMILES string of the molecule is CCC(C)C(NC(=O)C(CCCCN)NC(=O)C(N)Cc1ccc(O)cc1)C(=O)NC(C)C(=O)O. The highest BCUT2D eigenvalue weighted by atomic mass is 16.4. The van der Waals surface area contributed by atoms with Crippen molar-refractivity contribution in [2.24, 2.45) is 17.4 Å². The van der Waals surface area contributed by atoms with Gasteiger partial charge in [0.25, 0.3) is 0 Å². The lowest BCUT2D eigenvalue weighted by Gasteiger charge is -2.27. The fourth-order valence-corrected chi connectivity index (χ4v) is 3.34. The van der Waals surface area contributed by atoms with E-state index >= 15 is 0 Å². The third kappa shape index (κ3) is 10.3. The third-order valence-corrected chi connectivity index (χ3v) is 5.83. The van der Waals surface area contributed by atoms with Crippen LogP contribution in [0.5, 0.6) is 5.75 Å². The molecule has 11 heteroatoms. The number of carbonyl (C=O) groups is 4. The molecule has 0 fully saturated rings. The minimum atomic E-state index is -1.19. The average molecular weight is 494 g/mol. The van der Waals surface area contributed by atoms with Crippen LogP contribution in [0.2, 0.25) is 0 Å². The molecule has 1 rings (SSSR count). The van der Waals surface area contributed by atoms with Gasteiger partial charge in [0.2, 0.25) is 17.7 Å². The number of hydrogen-bond donors (Lipinski definition) is 7. The number of carboxylic acid groups (broad SMARTS) is 1. The lowest BCUT2D eigenvalue weighted by molar-refractivity contribution is -0.142. The minimum absolute atomic E-state index is 0.0982. The van der Waals surface area contributed by atoms with Crippen LogP contribution in [-0.4, -0.2) is 64.6 Å². The molecule has 5 atom stereocenters. The maximum Gasteiger partial charge on any atom is 0.325 e. The second-order valence-electron chi connectivity index (χ2n) is 8.76. The van der Waals surface area contributed by atoms with E-state index in [-0.39, 0.29) is 18.1 Å². The van der Waals surface area contributed by atoms with Crippen molar-refractivity contribution in [1.29, 1.82) is 0 Å². The summed E-state index contributed by atoms with van der Waals surface area (Å²) in [5, 5.41) is 26.2.